The molecule has 15 heavy (non-hydrogen) atoms. The van der Waals surface area contributed by atoms with Crippen LogP contribution < -0.4 is 0 Å². The molecule has 0 amide bonds. The average Bonchev–Trinajstić information content (AvgIpc) is 2.31. The van der Waals surface area contributed by atoms with Crippen LogP contribution >= 0.6 is 0 Å². The van der Waals surface area contributed by atoms with E-state index in [0.29, 0.717) is 0 Å². The van der Waals surface area contributed by atoms with E-state index in [0.717, 1.165) is 31.6 Å². The van der Waals surface area contributed by atoms with Crippen LogP contribution in [0.25, 0.3) is 0 Å². The van der Waals surface area contributed by atoms with Gasteiger partial charge in [-0.1, -0.05) is 36.4 Å². The second-order valence-electron chi connectivity index (χ2n) is 3.98. The highest BCUT2D eigenvalue weighted by Crippen LogP contribution is 2.13. The van der Waals surface area contributed by atoms with Crippen molar-refractivity contribution in [2.45, 2.75) is 13.0 Å². The Balaban J connectivity index is 1.94. The highest BCUT2D eigenvalue weighted by Gasteiger charge is 2.12. The van der Waals surface area contributed by atoms with Crippen molar-refractivity contribution in [1.29, 1.82) is 0 Å². The molecule has 1 heterocycles. The van der Waals surface area contributed by atoms with Gasteiger partial charge in [-0.25, -0.2) is 4.39 Å². The molecule has 0 aromatic heterocycles. The maximum absolute atomic E-state index is 12.5. The van der Waals surface area contributed by atoms with Gasteiger partial charge in [-0.05, 0) is 17.6 Å². The van der Waals surface area contributed by atoms with Crippen molar-refractivity contribution in [3.63, 3.8) is 0 Å². The van der Waals surface area contributed by atoms with Crippen molar-refractivity contribution in [3.8, 4) is 0 Å². The van der Waals surface area contributed by atoms with E-state index in [2.05, 4.69) is 17.0 Å². The summed E-state index contributed by atoms with van der Waals surface area (Å²) in [5.41, 5.74) is 2.23. The molecule has 0 spiro atoms. The molecule has 0 fully saturated rings. The van der Waals surface area contributed by atoms with Crippen LogP contribution in [0.5, 0.6) is 0 Å². The second-order valence-corrected chi connectivity index (χ2v) is 3.98. The van der Waals surface area contributed by atoms with Crippen LogP contribution in [-0.2, 0) is 6.54 Å². The molecular formula is C13H16FN. The molecule has 2 heteroatoms. The van der Waals surface area contributed by atoms with Crippen LogP contribution in [0.3, 0.4) is 0 Å². The summed E-state index contributed by atoms with van der Waals surface area (Å²) in [6.07, 6.45) is 3.01. The Hall–Kier alpha value is -1.15. The second kappa shape index (κ2) is 5.08. The molecule has 1 aliphatic rings. The van der Waals surface area contributed by atoms with E-state index in [1.165, 1.54) is 5.56 Å². The zero-order chi connectivity index (χ0) is 10.5. The number of benzene rings is 1. The first kappa shape index (κ1) is 10.4. The molecule has 80 valence electrons. The van der Waals surface area contributed by atoms with Gasteiger partial charge in [0.2, 0.25) is 0 Å². The van der Waals surface area contributed by atoms with Crippen LogP contribution in [0.1, 0.15) is 12.0 Å². The number of halogens is 1. The van der Waals surface area contributed by atoms with Crippen LogP contribution in [0.2, 0.25) is 0 Å². The maximum atomic E-state index is 12.5. The van der Waals surface area contributed by atoms with Gasteiger partial charge in [0, 0.05) is 19.6 Å². The Bertz CT molecular complexity index is 332. The summed E-state index contributed by atoms with van der Waals surface area (Å²) >= 11 is 0. The predicted octanol–water partition coefficient (Wildman–Crippen LogP) is 2.79. The Kier molecular flexibility index (Phi) is 3.51. The lowest BCUT2D eigenvalue weighted by Gasteiger charge is -2.26. The van der Waals surface area contributed by atoms with Crippen molar-refractivity contribution in [3.05, 3.63) is 47.5 Å². The molecule has 0 radical (unpaired) electrons. The summed E-state index contributed by atoms with van der Waals surface area (Å²) < 4.78 is 12.5. The van der Waals surface area contributed by atoms with E-state index in [-0.39, 0.29) is 6.67 Å². The topological polar surface area (TPSA) is 3.24 Å². The fraction of sp³-hybridized carbons (Fsp3) is 0.385. The molecule has 0 aliphatic carbocycles. The summed E-state index contributed by atoms with van der Waals surface area (Å²) in [5, 5.41) is 0. The predicted molar refractivity (Wildman–Crippen MR) is 60.4 cm³/mol. The van der Waals surface area contributed by atoms with Gasteiger partial charge >= 0.3 is 0 Å². The molecule has 1 aromatic rings. The summed E-state index contributed by atoms with van der Waals surface area (Å²) in [4.78, 5) is 2.30. The van der Waals surface area contributed by atoms with Gasteiger partial charge in [0.05, 0.1) is 0 Å². The van der Waals surface area contributed by atoms with E-state index in [1.807, 2.05) is 24.3 Å². The zero-order valence-corrected chi connectivity index (χ0v) is 8.82. The van der Waals surface area contributed by atoms with E-state index in [4.69, 9.17) is 0 Å². The van der Waals surface area contributed by atoms with Gasteiger partial charge < -0.3 is 0 Å². The highest BCUT2D eigenvalue weighted by atomic mass is 19.1. The van der Waals surface area contributed by atoms with Gasteiger partial charge in [0.1, 0.15) is 6.67 Å². The van der Waals surface area contributed by atoms with Crippen molar-refractivity contribution in [2.75, 3.05) is 19.8 Å². The molecule has 0 saturated carbocycles. The Labute approximate surface area is 90.2 Å². The van der Waals surface area contributed by atoms with Gasteiger partial charge in [0.15, 0.2) is 0 Å². The first-order valence-corrected chi connectivity index (χ1v) is 5.38. The Morgan fingerprint density at radius 2 is 2.00 bits per heavy atom. The van der Waals surface area contributed by atoms with Crippen molar-refractivity contribution >= 4 is 0 Å². The third kappa shape index (κ3) is 2.90. The number of alkyl halides is 1. The van der Waals surface area contributed by atoms with Crippen LogP contribution in [0, 0.1) is 0 Å². The fourth-order valence-corrected chi connectivity index (χ4v) is 1.96. The third-order valence-corrected chi connectivity index (χ3v) is 2.73. The van der Waals surface area contributed by atoms with Gasteiger partial charge in [-0.3, -0.25) is 4.90 Å². The fourth-order valence-electron chi connectivity index (χ4n) is 1.96. The molecule has 0 N–H and O–H groups in total. The normalized spacial score (nSPS) is 17.5. The minimum Gasteiger partial charge on any atom is -0.295 e. The van der Waals surface area contributed by atoms with Gasteiger partial charge in [-0.15, -0.1) is 0 Å². The lowest BCUT2D eigenvalue weighted by molar-refractivity contribution is 0.274. The molecule has 0 bridgehead atoms. The smallest absolute Gasteiger partial charge is 0.112 e. The molecular weight excluding hydrogens is 189 g/mol. The summed E-state index contributed by atoms with van der Waals surface area (Å²) in [6, 6.07) is 10.4. The molecule has 2 rings (SSSR count). The lowest BCUT2D eigenvalue weighted by atomic mass is 10.1. The minimum absolute atomic E-state index is 0.300. The summed E-state index contributed by atoms with van der Waals surface area (Å²) in [5.74, 6) is 0. The van der Waals surface area contributed by atoms with E-state index in [1.54, 1.807) is 0 Å². The third-order valence-electron chi connectivity index (χ3n) is 2.73. The molecule has 0 saturated heterocycles. The highest BCUT2D eigenvalue weighted by molar-refractivity contribution is 5.16. The lowest BCUT2D eigenvalue weighted by Crippen LogP contribution is -2.29. The Morgan fingerprint density at radius 1 is 1.20 bits per heavy atom. The number of nitrogens with zero attached hydrogens (tertiary/aromatic N) is 1. The van der Waals surface area contributed by atoms with Crippen LogP contribution in [0.15, 0.2) is 42.0 Å². The number of hydrogen-bond acceptors (Lipinski definition) is 1. The molecule has 1 nitrogen and oxygen atoms in total. The standard InChI is InChI=1S/C13H16FN/c14-9-13-7-4-8-15(11-13)10-12-5-2-1-3-6-12/h1-3,5-7H,4,8-11H2. The van der Waals surface area contributed by atoms with Crippen molar-refractivity contribution in [2.24, 2.45) is 0 Å². The molecule has 0 unspecified atom stereocenters. The van der Waals surface area contributed by atoms with Crippen molar-refractivity contribution < 1.29 is 4.39 Å². The molecule has 1 aliphatic heterocycles. The van der Waals surface area contributed by atoms with E-state index in [9.17, 15) is 4.39 Å². The SMILES string of the molecule is FCC1=CCCN(Cc2ccccc2)C1. The zero-order valence-electron chi connectivity index (χ0n) is 8.82. The summed E-state index contributed by atoms with van der Waals surface area (Å²) in [7, 11) is 0. The van der Waals surface area contributed by atoms with E-state index >= 15 is 0 Å². The van der Waals surface area contributed by atoms with Crippen LogP contribution in [-0.4, -0.2) is 24.7 Å². The first-order valence-electron chi connectivity index (χ1n) is 5.38. The van der Waals surface area contributed by atoms with Gasteiger partial charge in [-0.2, -0.15) is 0 Å². The van der Waals surface area contributed by atoms with Gasteiger partial charge in [0.25, 0.3) is 0 Å². The number of rotatable bonds is 3. The first-order chi connectivity index (χ1) is 7.38. The van der Waals surface area contributed by atoms with Crippen molar-refractivity contribution in [1.82, 2.24) is 4.90 Å². The minimum atomic E-state index is -0.300. The quantitative estimate of drug-likeness (QED) is 0.686. The molecule has 0 atom stereocenters. The summed E-state index contributed by atoms with van der Waals surface area (Å²) in [6.45, 7) is 2.45. The molecule has 1 aromatic carbocycles. The maximum Gasteiger partial charge on any atom is 0.112 e. The number of hydrogen-bond donors (Lipinski definition) is 0. The van der Waals surface area contributed by atoms with E-state index < -0.39 is 0 Å². The largest absolute Gasteiger partial charge is 0.295 e. The van der Waals surface area contributed by atoms with Crippen LogP contribution in [0.4, 0.5) is 4.39 Å². The average molecular weight is 205 g/mol. The monoisotopic (exact) mass is 205 g/mol. The Morgan fingerprint density at radius 3 is 2.73 bits per heavy atom.